The first kappa shape index (κ1) is 11.0. The van der Waals surface area contributed by atoms with E-state index in [0.29, 0.717) is 19.3 Å². The lowest BCUT2D eigenvalue weighted by molar-refractivity contribution is -0.118. The molecule has 0 fully saturated rings. The quantitative estimate of drug-likeness (QED) is 0.711. The van der Waals surface area contributed by atoms with Crippen molar-refractivity contribution in [2.45, 2.75) is 26.2 Å². The molecule has 1 unspecified atom stereocenters. The lowest BCUT2D eigenvalue weighted by atomic mass is 10.2. The van der Waals surface area contributed by atoms with E-state index in [4.69, 9.17) is 4.55 Å². The van der Waals surface area contributed by atoms with E-state index >= 15 is 0 Å². The van der Waals surface area contributed by atoms with E-state index in [0.717, 1.165) is 0 Å². The van der Waals surface area contributed by atoms with Gasteiger partial charge in [-0.15, -0.1) is 0 Å². The van der Waals surface area contributed by atoms with Crippen molar-refractivity contribution in [2.75, 3.05) is 5.75 Å². The molecule has 0 bridgehead atoms. The van der Waals surface area contributed by atoms with Crippen LogP contribution < -0.4 is 0 Å². The molecular weight excluding hydrogens is 184 g/mol. The van der Waals surface area contributed by atoms with Crippen LogP contribution in [0.5, 0.6) is 0 Å². The van der Waals surface area contributed by atoms with Crippen molar-refractivity contribution in [1.82, 2.24) is 0 Å². The second kappa shape index (κ2) is 4.79. The standard InChI is InChI=1S/C6H12O3S2/c1-2-6(7)4-3-5-11(8,9)10/h2-5H2,1H3,(H,8,9,10). The van der Waals surface area contributed by atoms with Crippen LogP contribution in [0.1, 0.15) is 26.2 Å². The Bertz CT molecular complexity index is 218. The minimum absolute atomic E-state index is 0.0497. The first-order chi connectivity index (χ1) is 4.95. The zero-order valence-electron chi connectivity index (χ0n) is 6.41. The molecule has 0 radical (unpaired) electrons. The minimum atomic E-state index is -3.05. The molecule has 0 spiro atoms. The van der Waals surface area contributed by atoms with Crippen molar-refractivity contribution >= 4 is 25.7 Å². The van der Waals surface area contributed by atoms with Crippen molar-refractivity contribution in [3.05, 3.63) is 0 Å². The second-order valence-corrected chi connectivity index (χ2v) is 5.42. The highest BCUT2D eigenvalue weighted by Gasteiger charge is 2.02. The molecule has 0 saturated heterocycles. The summed E-state index contributed by atoms with van der Waals surface area (Å²) in [6.45, 7) is 1.77. The molecule has 5 heteroatoms. The molecule has 1 N–H and O–H groups in total. The van der Waals surface area contributed by atoms with Crippen molar-refractivity contribution in [3.63, 3.8) is 0 Å². The fourth-order valence-corrected chi connectivity index (χ4v) is 1.49. The molecule has 66 valence electrons. The van der Waals surface area contributed by atoms with Gasteiger partial charge in [-0.05, 0) is 6.42 Å². The normalized spacial score (nSPS) is 15.8. The van der Waals surface area contributed by atoms with Gasteiger partial charge >= 0.3 is 0 Å². The summed E-state index contributed by atoms with van der Waals surface area (Å²) in [5.74, 6) is 0.164. The van der Waals surface area contributed by atoms with Crippen LogP contribution in [0.25, 0.3) is 0 Å². The molecule has 0 heterocycles. The minimum Gasteiger partial charge on any atom is -0.306 e. The van der Waals surface area contributed by atoms with E-state index in [1.165, 1.54) is 0 Å². The summed E-state index contributed by atoms with van der Waals surface area (Å²) in [7, 11) is -3.05. The van der Waals surface area contributed by atoms with Gasteiger partial charge in [-0.2, -0.15) is 0 Å². The van der Waals surface area contributed by atoms with Crippen LogP contribution in [0.15, 0.2) is 0 Å². The topological polar surface area (TPSA) is 54.4 Å². The number of ketones is 1. The monoisotopic (exact) mass is 196 g/mol. The van der Waals surface area contributed by atoms with Crippen LogP contribution in [-0.2, 0) is 24.8 Å². The number of carbonyl (C=O) groups excluding carboxylic acids is 1. The van der Waals surface area contributed by atoms with E-state index in [1.807, 2.05) is 0 Å². The van der Waals surface area contributed by atoms with E-state index < -0.39 is 8.77 Å². The summed E-state index contributed by atoms with van der Waals surface area (Å²) in [5, 5.41) is 0. The average molecular weight is 196 g/mol. The number of Topliss-reactive ketones (excluding diaryl/α,β-unsaturated/α-hetero) is 1. The molecular formula is C6H12O3S2. The van der Waals surface area contributed by atoms with Gasteiger partial charge in [0.25, 0.3) is 0 Å². The van der Waals surface area contributed by atoms with Crippen LogP contribution in [0.3, 0.4) is 0 Å². The summed E-state index contributed by atoms with van der Waals surface area (Å²) in [5.41, 5.74) is 0. The van der Waals surface area contributed by atoms with Crippen LogP contribution in [0.4, 0.5) is 0 Å². The van der Waals surface area contributed by atoms with Gasteiger partial charge in [-0.25, -0.2) is 4.21 Å². The molecule has 0 aromatic carbocycles. The first-order valence-corrected chi connectivity index (χ1v) is 6.03. The summed E-state index contributed by atoms with van der Waals surface area (Å²) < 4.78 is 19.2. The van der Waals surface area contributed by atoms with Gasteiger partial charge in [-0.3, -0.25) is 4.79 Å². The lowest BCUT2D eigenvalue weighted by Gasteiger charge is -1.97. The number of hydrogen-bond donors (Lipinski definition) is 1. The summed E-state index contributed by atoms with van der Waals surface area (Å²) in [6.07, 6.45) is 1.28. The summed E-state index contributed by atoms with van der Waals surface area (Å²) in [4.78, 5) is 10.7. The Hall–Kier alpha value is -0.0000000000000000555. The fourth-order valence-electron chi connectivity index (χ4n) is 0.629. The van der Waals surface area contributed by atoms with Gasteiger partial charge in [0.05, 0.1) is 5.75 Å². The van der Waals surface area contributed by atoms with Crippen LogP contribution in [0, 0.1) is 0 Å². The lowest BCUT2D eigenvalue weighted by Crippen LogP contribution is -2.04. The third-order valence-corrected chi connectivity index (χ3v) is 2.56. The van der Waals surface area contributed by atoms with Gasteiger partial charge in [-0.1, -0.05) is 6.92 Å². The number of hydrogen-bond acceptors (Lipinski definition) is 3. The smallest absolute Gasteiger partial charge is 0.141 e. The maximum atomic E-state index is 10.7. The van der Waals surface area contributed by atoms with Gasteiger partial charge < -0.3 is 4.55 Å². The maximum absolute atomic E-state index is 10.7. The molecule has 0 aliphatic heterocycles. The van der Waals surface area contributed by atoms with E-state index in [9.17, 15) is 9.00 Å². The van der Waals surface area contributed by atoms with E-state index in [2.05, 4.69) is 11.2 Å². The first-order valence-electron chi connectivity index (χ1n) is 3.42. The molecule has 0 aliphatic rings. The van der Waals surface area contributed by atoms with Crippen LogP contribution in [-0.4, -0.2) is 20.3 Å². The zero-order valence-corrected chi connectivity index (χ0v) is 8.04. The summed E-state index contributed by atoms with van der Waals surface area (Å²) >= 11 is 4.25. The zero-order chi connectivity index (χ0) is 8.91. The molecule has 0 amide bonds. The molecule has 0 saturated carbocycles. The third-order valence-electron chi connectivity index (χ3n) is 1.25. The van der Waals surface area contributed by atoms with Crippen molar-refractivity contribution in [2.24, 2.45) is 0 Å². The molecule has 0 aromatic heterocycles. The number of carbonyl (C=O) groups is 1. The Balaban J connectivity index is 3.51. The van der Waals surface area contributed by atoms with Crippen molar-refractivity contribution in [1.29, 1.82) is 0 Å². The average Bonchev–Trinajstić information content (AvgIpc) is 1.85. The molecule has 11 heavy (non-hydrogen) atoms. The highest BCUT2D eigenvalue weighted by molar-refractivity contribution is 8.29. The Morgan fingerprint density at radius 3 is 2.55 bits per heavy atom. The Labute approximate surface area is 71.7 Å². The second-order valence-electron chi connectivity index (χ2n) is 2.28. The van der Waals surface area contributed by atoms with Gasteiger partial charge in [0.15, 0.2) is 0 Å². The highest BCUT2D eigenvalue weighted by atomic mass is 32.8. The van der Waals surface area contributed by atoms with Gasteiger partial charge in [0.2, 0.25) is 0 Å². The number of rotatable bonds is 5. The summed E-state index contributed by atoms with van der Waals surface area (Å²) in [6, 6.07) is 0. The molecule has 0 aromatic rings. The maximum Gasteiger partial charge on any atom is 0.141 e. The molecule has 3 nitrogen and oxygen atoms in total. The Kier molecular flexibility index (Phi) is 4.79. The predicted molar refractivity (Wildman–Crippen MR) is 47.5 cm³/mol. The highest BCUT2D eigenvalue weighted by Crippen LogP contribution is 1.97. The van der Waals surface area contributed by atoms with E-state index in [-0.39, 0.29) is 11.5 Å². The SMILES string of the molecule is CCC(=O)CCCS(=O)(O)=S. The van der Waals surface area contributed by atoms with Crippen molar-refractivity contribution < 1.29 is 13.6 Å². The fraction of sp³-hybridized carbons (Fsp3) is 0.833. The predicted octanol–water partition coefficient (Wildman–Crippen LogP) is 0.965. The Morgan fingerprint density at radius 1 is 1.64 bits per heavy atom. The Morgan fingerprint density at radius 2 is 2.18 bits per heavy atom. The third kappa shape index (κ3) is 7.90. The molecule has 1 atom stereocenters. The largest absolute Gasteiger partial charge is 0.306 e. The molecule has 0 rings (SSSR count). The van der Waals surface area contributed by atoms with Crippen molar-refractivity contribution in [3.8, 4) is 0 Å². The van der Waals surface area contributed by atoms with Gasteiger partial charge in [0.1, 0.15) is 14.6 Å². The van der Waals surface area contributed by atoms with Gasteiger partial charge in [0, 0.05) is 24.0 Å². The van der Waals surface area contributed by atoms with Crippen LogP contribution >= 0.6 is 0 Å². The van der Waals surface area contributed by atoms with Crippen LogP contribution in [0.2, 0.25) is 0 Å². The van der Waals surface area contributed by atoms with E-state index in [1.54, 1.807) is 6.92 Å². The molecule has 0 aliphatic carbocycles.